The number of aliphatic carboxylic acids is 2. The van der Waals surface area contributed by atoms with E-state index in [1.807, 2.05) is 10.6 Å². The van der Waals surface area contributed by atoms with Crippen LogP contribution in [0.3, 0.4) is 0 Å². The van der Waals surface area contributed by atoms with Crippen molar-refractivity contribution in [1.82, 2.24) is 10.6 Å². The number of amides is 2. The standard InChI is InChI=1S/2C4H7NO3.Cu/c2*1-3(6)5-2-4(7)8;/h2*2H2,1H3,(H,5,6)(H,7,8);/q;;+2/p-2. The zero-order valence-corrected chi connectivity index (χ0v) is 10.1. The molecule has 0 aliphatic rings. The van der Waals surface area contributed by atoms with Gasteiger partial charge in [0.25, 0.3) is 0 Å². The van der Waals surface area contributed by atoms with Crippen LogP contribution in [-0.2, 0) is 36.2 Å². The predicted molar refractivity (Wildman–Crippen MR) is 47.4 cm³/mol. The van der Waals surface area contributed by atoms with Gasteiger partial charge in [-0.05, 0) is 0 Å². The summed E-state index contributed by atoms with van der Waals surface area (Å²) < 4.78 is 0. The molecule has 0 fully saturated rings. The molecule has 101 valence electrons. The minimum atomic E-state index is -1.28. The van der Waals surface area contributed by atoms with Crippen LogP contribution in [0.1, 0.15) is 13.8 Å². The Labute approximate surface area is 108 Å². The van der Waals surface area contributed by atoms with Crippen molar-refractivity contribution in [3.63, 3.8) is 0 Å². The minimum Gasteiger partial charge on any atom is -0.548 e. The summed E-state index contributed by atoms with van der Waals surface area (Å²) in [7, 11) is 0. The summed E-state index contributed by atoms with van der Waals surface area (Å²) in [6.45, 7) is 1.66. The zero-order valence-electron chi connectivity index (χ0n) is 9.17. The van der Waals surface area contributed by atoms with Gasteiger partial charge in [0.1, 0.15) is 0 Å². The molecule has 0 heterocycles. The number of carbonyl (C=O) groups excluding carboxylic acids is 4. The summed E-state index contributed by atoms with van der Waals surface area (Å²) in [4.78, 5) is 39.0. The fraction of sp³-hybridized carbons (Fsp3) is 0.500. The fourth-order valence-electron chi connectivity index (χ4n) is 0.393. The maximum atomic E-state index is 9.95. The Morgan fingerprint density at radius 1 is 0.824 bits per heavy atom. The molecule has 9 heteroatoms. The Morgan fingerprint density at radius 3 is 1.12 bits per heavy atom. The maximum Gasteiger partial charge on any atom is 2.00 e. The molecule has 0 aromatic heterocycles. The van der Waals surface area contributed by atoms with Gasteiger partial charge in [-0.2, -0.15) is 0 Å². The molecule has 0 aliphatic heterocycles. The maximum absolute atomic E-state index is 9.95. The fourth-order valence-corrected chi connectivity index (χ4v) is 0.393. The molecule has 0 rings (SSSR count). The molecule has 1 radical (unpaired) electrons. The molecule has 0 aliphatic carbocycles. The van der Waals surface area contributed by atoms with Gasteiger partial charge in [-0.3, -0.25) is 9.59 Å². The number of rotatable bonds is 4. The molecule has 0 bridgehead atoms. The van der Waals surface area contributed by atoms with E-state index in [9.17, 15) is 29.4 Å². The largest absolute Gasteiger partial charge is 2.00 e. The van der Waals surface area contributed by atoms with Crippen LogP contribution in [0.15, 0.2) is 0 Å². The first kappa shape index (κ1) is 20.8. The summed E-state index contributed by atoms with van der Waals surface area (Å²) in [5, 5.41) is 23.2. The van der Waals surface area contributed by atoms with Gasteiger partial charge in [-0.15, -0.1) is 0 Å². The summed E-state index contributed by atoms with van der Waals surface area (Å²) in [5.41, 5.74) is 0. The minimum absolute atomic E-state index is 0. The van der Waals surface area contributed by atoms with Crippen LogP contribution in [0.25, 0.3) is 0 Å². The Bertz CT molecular complexity index is 225. The van der Waals surface area contributed by atoms with E-state index in [-0.39, 0.29) is 28.9 Å². The number of nitrogens with one attached hydrogen (secondary N) is 2. The van der Waals surface area contributed by atoms with Gasteiger partial charge in [0.05, 0.1) is 25.0 Å². The van der Waals surface area contributed by atoms with Gasteiger partial charge in [0.2, 0.25) is 11.8 Å². The molecule has 0 saturated heterocycles. The van der Waals surface area contributed by atoms with E-state index in [1.54, 1.807) is 0 Å². The number of carbonyl (C=O) groups is 4. The Morgan fingerprint density at radius 2 is 1.06 bits per heavy atom. The summed E-state index contributed by atoms with van der Waals surface area (Å²) in [6.07, 6.45) is 0. The van der Waals surface area contributed by atoms with Gasteiger partial charge in [0.15, 0.2) is 0 Å². The average molecular weight is 296 g/mol. The van der Waals surface area contributed by atoms with Crippen molar-refractivity contribution in [3.05, 3.63) is 0 Å². The van der Waals surface area contributed by atoms with Crippen molar-refractivity contribution < 1.29 is 46.5 Å². The summed E-state index contributed by atoms with van der Waals surface area (Å²) in [5.74, 6) is -3.29. The van der Waals surface area contributed by atoms with E-state index in [1.165, 1.54) is 13.8 Å². The van der Waals surface area contributed by atoms with Crippen molar-refractivity contribution in [2.45, 2.75) is 13.8 Å². The molecule has 0 unspecified atom stereocenters. The normalized spacial score (nSPS) is 7.65. The van der Waals surface area contributed by atoms with E-state index in [2.05, 4.69) is 0 Å². The quantitative estimate of drug-likeness (QED) is 0.504. The van der Waals surface area contributed by atoms with E-state index < -0.39 is 25.0 Å². The van der Waals surface area contributed by atoms with Crippen molar-refractivity contribution in [2.75, 3.05) is 13.1 Å². The Hall–Kier alpha value is -1.60. The monoisotopic (exact) mass is 295 g/mol. The molecule has 8 nitrogen and oxygen atoms in total. The summed E-state index contributed by atoms with van der Waals surface area (Å²) >= 11 is 0. The molecule has 17 heavy (non-hydrogen) atoms. The molecule has 2 N–H and O–H groups in total. The second kappa shape index (κ2) is 12.5. The Balaban J connectivity index is -0.000000218. The average Bonchev–Trinajstić information content (AvgIpc) is 2.12. The van der Waals surface area contributed by atoms with Crippen LogP contribution in [-0.4, -0.2) is 36.8 Å². The number of carboxylic acid groups (broad SMARTS) is 2. The van der Waals surface area contributed by atoms with Crippen LogP contribution in [0.5, 0.6) is 0 Å². The predicted octanol–water partition coefficient (Wildman–Crippen LogP) is -4.26. The summed E-state index contributed by atoms with van der Waals surface area (Å²) in [6, 6.07) is 0. The molecule has 0 spiro atoms. The van der Waals surface area contributed by atoms with Gasteiger partial charge in [-0.25, -0.2) is 0 Å². The van der Waals surface area contributed by atoms with Gasteiger partial charge in [-0.1, -0.05) is 0 Å². The van der Waals surface area contributed by atoms with Crippen LogP contribution >= 0.6 is 0 Å². The number of hydrogen-bond donors (Lipinski definition) is 2. The molecule has 0 aromatic rings. The van der Waals surface area contributed by atoms with E-state index in [0.717, 1.165) is 0 Å². The van der Waals surface area contributed by atoms with E-state index in [4.69, 9.17) is 0 Å². The van der Waals surface area contributed by atoms with E-state index >= 15 is 0 Å². The second-order valence-electron chi connectivity index (χ2n) is 2.56. The third kappa shape index (κ3) is 31.4. The van der Waals surface area contributed by atoms with Crippen LogP contribution in [0.4, 0.5) is 0 Å². The first-order valence-corrected chi connectivity index (χ1v) is 4.14. The van der Waals surface area contributed by atoms with Gasteiger partial charge in [0, 0.05) is 13.8 Å². The van der Waals surface area contributed by atoms with Crippen LogP contribution < -0.4 is 20.8 Å². The number of carboxylic acids is 2. The number of hydrogen-bond acceptors (Lipinski definition) is 6. The third-order valence-corrected chi connectivity index (χ3v) is 0.963. The van der Waals surface area contributed by atoms with Crippen LogP contribution in [0.2, 0.25) is 0 Å². The van der Waals surface area contributed by atoms with Crippen molar-refractivity contribution >= 4 is 23.8 Å². The molecular weight excluding hydrogens is 284 g/mol. The first-order chi connectivity index (χ1) is 7.25. The SMILES string of the molecule is CC(=O)NCC(=O)[O-].CC(=O)NCC(=O)[O-].[Cu+2]. The Kier molecular flexibility index (Phi) is 15.2. The molecule has 0 aromatic carbocycles. The topological polar surface area (TPSA) is 138 Å². The molecule has 2 amide bonds. The van der Waals surface area contributed by atoms with Crippen molar-refractivity contribution in [3.8, 4) is 0 Å². The van der Waals surface area contributed by atoms with Crippen molar-refractivity contribution in [2.24, 2.45) is 0 Å². The molecule has 0 atom stereocenters. The second-order valence-corrected chi connectivity index (χ2v) is 2.56. The van der Waals surface area contributed by atoms with E-state index in [0.29, 0.717) is 0 Å². The first-order valence-electron chi connectivity index (χ1n) is 4.14. The van der Waals surface area contributed by atoms with Gasteiger partial charge < -0.3 is 30.4 Å². The smallest absolute Gasteiger partial charge is 0.548 e. The molecule has 0 saturated carbocycles. The van der Waals surface area contributed by atoms with Crippen LogP contribution in [0, 0.1) is 0 Å². The third-order valence-electron chi connectivity index (χ3n) is 0.963. The zero-order chi connectivity index (χ0) is 13.1. The molecular formula is C8H12CuN2O6. The van der Waals surface area contributed by atoms with Gasteiger partial charge >= 0.3 is 17.1 Å². The van der Waals surface area contributed by atoms with Crippen molar-refractivity contribution in [1.29, 1.82) is 0 Å².